The van der Waals surface area contributed by atoms with Crippen LogP contribution < -0.4 is 5.32 Å². The molecule has 5 nitrogen and oxygen atoms in total. The Hall–Kier alpha value is -3.71. The van der Waals surface area contributed by atoms with Crippen LogP contribution in [-0.4, -0.2) is 27.2 Å². The highest BCUT2D eigenvalue weighted by Crippen LogP contribution is 2.29. The van der Waals surface area contributed by atoms with Gasteiger partial charge in [-0.25, -0.2) is 4.39 Å². The van der Waals surface area contributed by atoms with Crippen molar-refractivity contribution in [2.75, 3.05) is 0 Å². The Morgan fingerprint density at radius 1 is 0.971 bits per heavy atom. The third-order valence-electron chi connectivity index (χ3n) is 5.41. The van der Waals surface area contributed by atoms with Gasteiger partial charge in [0.25, 0.3) is 5.91 Å². The summed E-state index contributed by atoms with van der Waals surface area (Å²) in [4.78, 5) is 33.2. The summed E-state index contributed by atoms with van der Waals surface area (Å²) in [5, 5.41) is 4.93. The molecule has 0 aliphatic heterocycles. The van der Waals surface area contributed by atoms with E-state index in [1.165, 1.54) is 23.5 Å². The maximum absolute atomic E-state index is 13.9. The summed E-state index contributed by atoms with van der Waals surface area (Å²) in [6, 6.07) is 21.9. The first-order valence-electron chi connectivity index (χ1n) is 11.4. The van der Waals surface area contributed by atoms with E-state index < -0.39 is 17.4 Å². The lowest BCUT2D eigenvalue weighted by Crippen LogP contribution is -2.49. The van der Waals surface area contributed by atoms with E-state index in [4.69, 9.17) is 0 Å². The van der Waals surface area contributed by atoms with Crippen LogP contribution in [0.25, 0.3) is 11.3 Å². The van der Waals surface area contributed by atoms with Crippen molar-refractivity contribution in [1.82, 2.24) is 15.2 Å². The predicted octanol–water partition coefficient (Wildman–Crippen LogP) is 6.18. The average molecular weight is 490 g/mol. The largest absolute Gasteiger partial charge is 0.351 e. The lowest BCUT2D eigenvalue weighted by molar-refractivity contribution is -0.127. The molecule has 180 valence electrons. The number of benzene rings is 2. The zero-order valence-corrected chi connectivity index (χ0v) is 20.7. The molecule has 2 heterocycles. The van der Waals surface area contributed by atoms with Crippen molar-refractivity contribution in [3.8, 4) is 11.3 Å². The van der Waals surface area contributed by atoms with Gasteiger partial charge in [-0.2, -0.15) is 0 Å². The molecule has 0 aliphatic carbocycles. The van der Waals surface area contributed by atoms with Crippen LogP contribution in [0.15, 0.2) is 84.2 Å². The molecule has 1 unspecified atom stereocenters. The van der Waals surface area contributed by atoms with Gasteiger partial charge in [-0.15, -0.1) is 11.3 Å². The van der Waals surface area contributed by atoms with Gasteiger partial charge in [-0.3, -0.25) is 9.59 Å². The SMILES string of the molecule is CC(C)(C)NC(=O)C(c1ccc(F)cc1)N(Cc1cccs1)C(=O)c1ccc(-c2ccccc2)[nH]1. The molecule has 0 spiro atoms. The van der Waals surface area contributed by atoms with Crippen molar-refractivity contribution >= 4 is 23.2 Å². The third-order valence-corrected chi connectivity index (χ3v) is 6.27. The number of H-pyrrole nitrogens is 1. The second kappa shape index (κ2) is 10.3. The van der Waals surface area contributed by atoms with E-state index in [9.17, 15) is 14.0 Å². The number of nitrogens with zero attached hydrogens (tertiary/aromatic N) is 1. The zero-order chi connectivity index (χ0) is 25.0. The van der Waals surface area contributed by atoms with E-state index in [1.807, 2.05) is 74.7 Å². The summed E-state index contributed by atoms with van der Waals surface area (Å²) in [5.74, 6) is -1.06. The first-order chi connectivity index (χ1) is 16.7. The summed E-state index contributed by atoms with van der Waals surface area (Å²) in [7, 11) is 0. The van der Waals surface area contributed by atoms with E-state index >= 15 is 0 Å². The average Bonchev–Trinajstić information content (AvgIpc) is 3.51. The molecule has 0 fully saturated rings. The van der Waals surface area contributed by atoms with Crippen LogP contribution in [-0.2, 0) is 11.3 Å². The van der Waals surface area contributed by atoms with E-state index in [1.54, 1.807) is 23.1 Å². The second-order valence-corrected chi connectivity index (χ2v) is 10.4. The van der Waals surface area contributed by atoms with Crippen LogP contribution in [0.3, 0.4) is 0 Å². The molecule has 2 amide bonds. The van der Waals surface area contributed by atoms with Gasteiger partial charge in [-0.05, 0) is 67.6 Å². The van der Waals surface area contributed by atoms with Crippen LogP contribution in [0.1, 0.15) is 47.7 Å². The molecule has 0 saturated heterocycles. The number of rotatable bonds is 7. The molecule has 2 aromatic heterocycles. The van der Waals surface area contributed by atoms with Crippen molar-refractivity contribution in [2.24, 2.45) is 0 Å². The molecule has 4 aromatic rings. The Balaban J connectivity index is 1.76. The molecule has 0 radical (unpaired) electrons. The Morgan fingerprint density at radius 2 is 1.69 bits per heavy atom. The number of aromatic nitrogens is 1. The molecular weight excluding hydrogens is 461 g/mol. The summed E-state index contributed by atoms with van der Waals surface area (Å²) >= 11 is 1.51. The van der Waals surface area contributed by atoms with Gasteiger partial charge in [0.2, 0.25) is 5.91 Å². The number of hydrogen-bond acceptors (Lipinski definition) is 3. The molecular formula is C28H28FN3O2S. The minimum absolute atomic E-state index is 0.232. The molecule has 0 bridgehead atoms. The van der Waals surface area contributed by atoms with E-state index in [0.29, 0.717) is 11.3 Å². The number of nitrogens with one attached hydrogen (secondary N) is 2. The van der Waals surface area contributed by atoms with Gasteiger partial charge in [0, 0.05) is 16.1 Å². The number of aromatic amines is 1. The summed E-state index contributed by atoms with van der Waals surface area (Å²) < 4.78 is 13.7. The Labute approximate surface area is 208 Å². The Kier molecular flexibility index (Phi) is 7.17. The first kappa shape index (κ1) is 24.4. The maximum Gasteiger partial charge on any atom is 0.271 e. The molecule has 1 atom stereocenters. The van der Waals surface area contributed by atoms with Gasteiger partial charge in [0.15, 0.2) is 0 Å². The third kappa shape index (κ3) is 6.05. The van der Waals surface area contributed by atoms with Crippen LogP contribution in [0.5, 0.6) is 0 Å². The van der Waals surface area contributed by atoms with Crippen molar-refractivity contribution < 1.29 is 14.0 Å². The summed E-state index contributed by atoms with van der Waals surface area (Å²) in [6.45, 7) is 5.88. The summed E-state index contributed by atoms with van der Waals surface area (Å²) in [5.41, 5.74) is 2.16. The molecule has 4 rings (SSSR count). The minimum Gasteiger partial charge on any atom is -0.351 e. The first-order valence-corrected chi connectivity index (χ1v) is 12.2. The number of halogens is 1. The second-order valence-electron chi connectivity index (χ2n) is 9.36. The number of carbonyl (C=O) groups excluding carboxylic acids is 2. The maximum atomic E-state index is 13.9. The Bertz CT molecular complexity index is 1280. The fourth-order valence-electron chi connectivity index (χ4n) is 3.87. The number of carbonyl (C=O) groups is 2. The lowest BCUT2D eigenvalue weighted by atomic mass is 10.0. The zero-order valence-electron chi connectivity index (χ0n) is 19.9. The molecule has 0 aliphatic rings. The van der Waals surface area contributed by atoms with Crippen molar-refractivity contribution in [2.45, 2.75) is 38.9 Å². The van der Waals surface area contributed by atoms with Gasteiger partial charge < -0.3 is 15.2 Å². The van der Waals surface area contributed by atoms with Crippen LogP contribution in [0.4, 0.5) is 4.39 Å². The topological polar surface area (TPSA) is 65.2 Å². The van der Waals surface area contributed by atoms with Crippen molar-refractivity contribution in [1.29, 1.82) is 0 Å². The van der Waals surface area contributed by atoms with Gasteiger partial charge in [0.1, 0.15) is 17.6 Å². The normalized spacial score (nSPS) is 12.2. The monoisotopic (exact) mass is 489 g/mol. The number of amides is 2. The van der Waals surface area contributed by atoms with Gasteiger partial charge >= 0.3 is 0 Å². The molecule has 2 N–H and O–H groups in total. The van der Waals surface area contributed by atoms with Gasteiger partial charge in [-0.1, -0.05) is 48.5 Å². The summed E-state index contributed by atoms with van der Waals surface area (Å²) in [6.07, 6.45) is 0. The molecule has 7 heteroatoms. The standard InChI is InChI=1S/C28H28FN3O2S/c1-28(2,3)31-26(33)25(20-11-13-21(29)14-12-20)32(18-22-10-7-17-35-22)27(34)24-16-15-23(30-24)19-8-5-4-6-9-19/h4-17,25,30H,18H2,1-3H3,(H,31,33). The molecule has 2 aromatic carbocycles. The van der Waals surface area contributed by atoms with Crippen LogP contribution >= 0.6 is 11.3 Å². The van der Waals surface area contributed by atoms with E-state index in [2.05, 4.69) is 10.3 Å². The number of hydrogen-bond donors (Lipinski definition) is 2. The highest BCUT2D eigenvalue weighted by Gasteiger charge is 2.34. The van der Waals surface area contributed by atoms with Crippen LogP contribution in [0, 0.1) is 5.82 Å². The van der Waals surface area contributed by atoms with Crippen molar-refractivity contribution in [3.63, 3.8) is 0 Å². The Morgan fingerprint density at radius 3 is 2.31 bits per heavy atom. The highest BCUT2D eigenvalue weighted by molar-refractivity contribution is 7.09. The minimum atomic E-state index is -0.951. The molecule has 35 heavy (non-hydrogen) atoms. The van der Waals surface area contributed by atoms with Crippen LogP contribution in [0.2, 0.25) is 0 Å². The smallest absolute Gasteiger partial charge is 0.271 e. The fourth-order valence-corrected chi connectivity index (χ4v) is 4.57. The van der Waals surface area contributed by atoms with E-state index in [-0.39, 0.29) is 18.4 Å². The fraction of sp³-hybridized carbons (Fsp3) is 0.214. The highest BCUT2D eigenvalue weighted by atomic mass is 32.1. The quantitative estimate of drug-likeness (QED) is 0.326. The van der Waals surface area contributed by atoms with Gasteiger partial charge in [0.05, 0.1) is 6.54 Å². The number of thiophene rings is 1. The van der Waals surface area contributed by atoms with Crippen molar-refractivity contribution in [3.05, 3.63) is 106 Å². The lowest BCUT2D eigenvalue weighted by Gasteiger charge is -2.33. The predicted molar refractivity (Wildman–Crippen MR) is 137 cm³/mol. The molecule has 0 saturated carbocycles. The van der Waals surface area contributed by atoms with E-state index in [0.717, 1.165) is 16.1 Å².